The highest BCUT2D eigenvalue weighted by atomic mass is 35.6. The molecule has 0 unspecified atom stereocenters. The third-order valence-corrected chi connectivity index (χ3v) is 4.64. The minimum atomic E-state index is -1.51. The van der Waals surface area contributed by atoms with E-state index in [1.54, 1.807) is 0 Å². The maximum absolute atomic E-state index is 12.6. The van der Waals surface area contributed by atoms with Gasteiger partial charge in [-0.15, -0.1) is 0 Å². The van der Waals surface area contributed by atoms with Gasteiger partial charge in [-0.3, -0.25) is 4.79 Å². The molecule has 0 N–H and O–H groups in total. The number of alkyl halides is 3. The lowest BCUT2D eigenvalue weighted by molar-refractivity contribution is -0.305. The molecule has 1 heterocycles. The molecule has 1 aromatic rings. The lowest BCUT2D eigenvalue weighted by Crippen LogP contribution is -2.29. The van der Waals surface area contributed by atoms with Gasteiger partial charge in [0, 0.05) is 48.7 Å². The summed E-state index contributed by atoms with van der Waals surface area (Å²) in [6.45, 7) is 6.13. The Bertz CT molecular complexity index is 657. The average molecular weight is 380 g/mol. The van der Waals surface area contributed by atoms with Gasteiger partial charge in [-0.2, -0.15) is 0 Å². The Morgan fingerprint density at radius 1 is 1.30 bits per heavy atom. The number of Topliss-reactive ketones (excluding diaryl/α,β-unsaturated/α-hetero) is 1. The number of hydrogen-bond acceptors (Lipinski definition) is 3. The largest absolute Gasteiger partial charge is 0.550 e. The van der Waals surface area contributed by atoms with Crippen LogP contribution in [0.4, 0.5) is 0 Å². The van der Waals surface area contributed by atoms with E-state index >= 15 is 0 Å². The maximum Gasteiger partial charge on any atom is 0.194 e. The van der Waals surface area contributed by atoms with Crippen LogP contribution in [0.2, 0.25) is 0 Å². The average Bonchev–Trinajstić information content (AvgIpc) is 2.56. The minimum Gasteiger partial charge on any atom is -0.550 e. The second kappa shape index (κ2) is 6.30. The van der Waals surface area contributed by atoms with Crippen molar-refractivity contribution in [1.82, 2.24) is 4.57 Å². The van der Waals surface area contributed by atoms with Crippen LogP contribution >= 0.6 is 34.8 Å². The molecule has 1 aliphatic carbocycles. The zero-order valence-corrected chi connectivity index (χ0v) is 15.6. The molecule has 1 aliphatic rings. The zero-order valence-electron chi connectivity index (χ0n) is 13.3. The van der Waals surface area contributed by atoms with Crippen LogP contribution in [0.25, 0.3) is 0 Å². The van der Waals surface area contributed by atoms with E-state index in [1.807, 2.05) is 25.3 Å². The Labute approximate surface area is 150 Å². The quantitative estimate of drug-likeness (QED) is 0.756. The van der Waals surface area contributed by atoms with E-state index < -0.39 is 9.76 Å². The number of aromatic nitrogens is 1. The van der Waals surface area contributed by atoms with E-state index in [0.717, 1.165) is 11.4 Å². The van der Waals surface area contributed by atoms with Gasteiger partial charge in [0.05, 0.1) is 0 Å². The van der Waals surface area contributed by atoms with Gasteiger partial charge < -0.3 is 14.5 Å². The van der Waals surface area contributed by atoms with E-state index in [-0.39, 0.29) is 30.6 Å². The van der Waals surface area contributed by atoms with E-state index in [4.69, 9.17) is 34.8 Å². The first-order valence-corrected chi connectivity index (χ1v) is 8.55. The molecule has 0 aromatic carbocycles. The molecule has 0 atom stereocenters. The number of carbonyl (C=O) groups is 2. The zero-order chi connectivity index (χ0) is 17.6. The number of carboxylic acid groups (broad SMARTS) is 1. The number of rotatable bonds is 4. The van der Waals surface area contributed by atoms with Crippen molar-refractivity contribution in [2.75, 3.05) is 0 Å². The van der Waals surface area contributed by atoms with Gasteiger partial charge in [-0.1, -0.05) is 48.7 Å². The highest BCUT2D eigenvalue weighted by Crippen LogP contribution is 2.41. The molecule has 0 radical (unpaired) electrons. The molecular formula is C16H19Cl3NO3-. The van der Waals surface area contributed by atoms with Crippen molar-refractivity contribution in [3.05, 3.63) is 22.5 Å². The fraction of sp³-hybridized carbons (Fsp3) is 0.625. The molecule has 0 saturated carbocycles. The molecular weight excluding hydrogens is 361 g/mol. The lowest BCUT2D eigenvalue weighted by Gasteiger charge is -2.30. The second-order valence-electron chi connectivity index (χ2n) is 6.89. The van der Waals surface area contributed by atoms with Gasteiger partial charge in [0.15, 0.2) is 9.58 Å². The number of ketones is 1. The summed E-state index contributed by atoms with van der Waals surface area (Å²) in [7, 11) is 0. The van der Waals surface area contributed by atoms with Crippen molar-refractivity contribution < 1.29 is 14.7 Å². The summed E-state index contributed by atoms with van der Waals surface area (Å²) < 4.78 is 0.363. The Balaban J connectivity index is 2.57. The van der Waals surface area contributed by atoms with Crippen molar-refractivity contribution in [2.24, 2.45) is 5.41 Å². The van der Waals surface area contributed by atoms with Gasteiger partial charge in [-0.25, -0.2) is 0 Å². The van der Waals surface area contributed by atoms with Crippen molar-refractivity contribution in [2.45, 2.75) is 56.8 Å². The highest BCUT2D eigenvalue weighted by molar-refractivity contribution is 6.67. The first-order valence-electron chi connectivity index (χ1n) is 7.42. The minimum absolute atomic E-state index is 0.0239. The number of carboxylic acids is 1. The van der Waals surface area contributed by atoms with Gasteiger partial charge in [0.1, 0.15) is 0 Å². The Hall–Kier alpha value is -0.710. The van der Waals surface area contributed by atoms with Crippen LogP contribution in [-0.2, 0) is 24.2 Å². The number of hydrogen-bond donors (Lipinski definition) is 0. The van der Waals surface area contributed by atoms with Crippen LogP contribution in [-0.4, -0.2) is 20.1 Å². The number of halogens is 3. The number of nitrogens with zero attached hydrogens (tertiary/aromatic N) is 1. The van der Waals surface area contributed by atoms with Gasteiger partial charge in [0.25, 0.3) is 0 Å². The molecule has 23 heavy (non-hydrogen) atoms. The fourth-order valence-electron chi connectivity index (χ4n) is 3.33. The molecule has 0 fully saturated rings. The summed E-state index contributed by atoms with van der Waals surface area (Å²) in [6.07, 6.45) is 1.11. The maximum atomic E-state index is 12.6. The van der Waals surface area contributed by atoms with Crippen molar-refractivity contribution in [1.29, 1.82) is 0 Å². The first kappa shape index (κ1) is 18.6. The number of fused-ring (bicyclic) bond motifs is 1. The second-order valence-corrected chi connectivity index (χ2v) is 9.41. The van der Waals surface area contributed by atoms with Crippen molar-refractivity contribution >= 4 is 46.6 Å². The summed E-state index contributed by atoms with van der Waals surface area (Å²) in [5, 5.41) is 10.8. The lowest BCUT2D eigenvalue weighted by atomic mass is 9.75. The monoisotopic (exact) mass is 378 g/mol. The molecule has 0 saturated heterocycles. The van der Waals surface area contributed by atoms with Crippen molar-refractivity contribution in [3.63, 3.8) is 0 Å². The smallest absolute Gasteiger partial charge is 0.194 e. The van der Waals surface area contributed by atoms with Crippen LogP contribution in [0, 0.1) is 12.3 Å². The van der Waals surface area contributed by atoms with E-state index in [2.05, 4.69) is 0 Å². The highest BCUT2D eigenvalue weighted by Gasteiger charge is 2.38. The summed E-state index contributed by atoms with van der Waals surface area (Å²) in [5.41, 5.74) is 2.76. The van der Waals surface area contributed by atoms with Gasteiger partial charge in [-0.05, 0) is 24.3 Å². The predicted octanol–water partition coefficient (Wildman–Crippen LogP) is 3.00. The summed E-state index contributed by atoms with van der Waals surface area (Å²) >= 11 is 17.8. The summed E-state index contributed by atoms with van der Waals surface area (Å²) in [6, 6.07) is 0. The Morgan fingerprint density at radius 3 is 2.43 bits per heavy atom. The third kappa shape index (κ3) is 4.23. The van der Waals surface area contributed by atoms with E-state index in [9.17, 15) is 14.7 Å². The topological polar surface area (TPSA) is 62.1 Å². The predicted molar refractivity (Wildman–Crippen MR) is 89.2 cm³/mol. The number of carbonyl (C=O) groups excluding carboxylic acids is 2. The molecule has 2 rings (SSSR count). The molecule has 128 valence electrons. The Kier molecular flexibility index (Phi) is 5.10. The fourth-order valence-corrected chi connectivity index (χ4v) is 3.73. The molecule has 1 aromatic heterocycles. The van der Waals surface area contributed by atoms with Crippen LogP contribution < -0.4 is 5.11 Å². The van der Waals surface area contributed by atoms with Crippen LogP contribution in [0.5, 0.6) is 0 Å². The SMILES string of the molecule is Cc1c(CC(Cl)(Cl)Cl)c2c(n1CCC(=O)[O-])CC(C)(C)CC2=O. The van der Waals surface area contributed by atoms with Gasteiger partial charge in [0.2, 0.25) is 0 Å². The molecule has 0 spiro atoms. The van der Waals surface area contributed by atoms with Crippen molar-refractivity contribution in [3.8, 4) is 0 Å². The van der Waals surface area contributed by atoms with Crippen LogP contribution in [0.3, 0.4) is 0 Å². The number of aliphatic carboxylic acids is 1. The van der Waals surface area contributed by atoms with E-state index in [1.165, 1.54) is 0 Å². The van der Waals surface area contributed by atoms with Gasteiger partial charge >= 0.3 is 0 Å². The standard InChI is InChI=1S/C16H20Cl3NO3/c1-9-10(6-16(17,18)19)14-11(20(9)5-4-13(22)23)7-15(2,3)8-12(14)21/h4-8H2,1-3H3,(H,22,23)/p-1. The van der Waals surface area contributed by atoms with Crippen LogP contribution in [0.15, 0.2) is 0 Å². The first-order chi connectivity index (χ1) is 10.4. The third-order valence-electron chi connectivity index (χ3n) is 4.24. The molecule has 0 bridgehead atoms. The molecule has 0 aliphatic heterocycles. The normalized spacial score (nSPS) is 17.2. The van der Waals surface area contributed by atoms with E-state index in [0.29, 0.717) is 24.0 Å². The summed E-state index contributed by atoms with van der Waals surface area (Å²) in [5.74, 6) is -1.10. The molecule has 0 amide bonds. The van der Waals surface area contributed by atoms with Crippen LogP contribution in [0.1, 0.15) is 54.0 Å². The Morgan fingerprint density at radius 2 is 1.91 bits per heavy atom. The molecule has 4 nitrogen and oxygen atoms in total. The summed E-state index contributed by atoms with van der Waals surface area (Å²) in [4.78, 5) is 23.5. The molecule has 7 heteroatoms.